The second kappa shape index (κ2) is 5.73. The molecule has 0 bridgehead atoms. The van der Waals surface area contributed by atoms with Gasteiger partial charge in [0, 0.05) is 24.5 Å². The van der Waals surface area contributed by atoms with Crippen LogP contribution in [-0.2, 0) is 4.79 Å². The monoisotopic (exact) mass is 328 g/mol. The number of hydrogen-bond donors (Lipinski definition) is 0. The zero-order valence-corrected chi connectivity index (χ0v) is 13.3. The van der Waals surface area contributed by atoms with Gasteiger partial charge in [0.05, 0.1) is 29.5 Å². The highest BCUT2D eigenvalue weighted by molar-refractivity contribution is 7.07. The fourth-order valence-electron chi connectivity index (χ4n) is 3.61. The second-order valence-corrected chi connectivity index (χ2v) is 6.53. The molecule has 118 valence electrons. The van der Waals surface area contributed by atoms with Gasteiger partial charge in [0.25, 0.3) is 5.91 Å². The first kappa shape index (κ1) is 14.3. The minimum absolute atomic E-state index is 0.0285. The summed E-state index contributed by atoms with van der Waals surface area (Å²) in [5.74, 6) is 0.0847. The van der Waals surface area contributed by atoms with E-state index in [-0.39, 0.29) is 23.9 Å². The minimum atomic E-state index is -0.0285. The summed E-state index contributed by atoms with van der Waals surface area (Å²) >= 11 is 1.42. The Bertz CT molecular complexity index is 719. The number of anilines is 1. The van der Waals surface area contributed by atoms with E-state index in [0.717, 1.165) is 18.5 Å². The Hall–Kier alpha value is -2.28. The van der Waals surface area contributed by atoms with Crippen molar-refractivity contribution in [3.63, 3.8) is 0 Å². The summed E-state index contributed by atoms with van der Waals surface area (Å²) in [7, 11) is 0. The molecule has 4 heterocycles. The van der Waals surface area contributed by atoms with Crippen LogP contribution in [-0.4, -0.2) is 45.3 Å². The van der Waals surface area contributed by atoms with Crippen molar-refractivity contribution < 1.29 is 9.59 Å². The van der Waals surface area contributed by atoms with Gasteiger partial charge in [-0.2, -0.15) is 0 Å². The number of hydrogen-bond acceptors (Lipinski definition) is 5. The molecule has 2 aromatic heterocycles. The first-order chi connectivity index (χ1) is 11.3. The molecule has 2 aromatic rings. The summed E-state index contributed by atoms with van der Waals surface area (Å²) in [4.78, 5) is 37.0. The number of rotatable bonds is 2. The Kier molecular flexibility index (Phi) is 3.57. The lowest BCUT2D eigenvalue weighted by Gasteiger charge is -2.39. The van der Waals surface area contributed by atoms with E-state index in [0.29, 0.717) is 18.7 Å². The zero-order valence-electron chi connectivity index (χ0n) is 12.5. The third-order valence-corrected chi connectivity index (χ3v) is 5.19. The Morgan fingerprint density at radius 1 is 1.30 bits per heavy atom. The van der Waals surface area contributed by atoms with Crippen LogP contribution >= 0.6 is 11.3 Å². The molecule has 23 heavy (non-hydrogen) atoms. The number of piperidine rings is 1. The highest BCUT2D eigenvalue weighted by Crippen LogP contribution is 2.35. The fourth-order valence-corrected chi connectivity index (χ4v) is 4.14. The van der Waals surface area contributed by atoms with Crippen LogP contribution in [0.4, 0.5) is 5.69 Å². The average molecular weight is 328 g/mol. The lowest BCUT2D eigenvalue weighted by molar-refractivity contribution is -0.120. The first-order valence-corrected chi connectivity index (χ1v) is 8.61. The van der Waals surface area contributed by atoms with Crippen molar-refractivity contribution in [1.82, 2.24) is 14.9 Å². The van der Waals surface area contributed by atoms with Gasteiger partial charge in [-0.25, -0.2) is 4.98 Å². The molecule has 2 aliphatic rings. The summed E-state index contributed by atoms with van der Waals surface area (Å²) in [5, 5.41) is 1.78. The van der Waals surface area contributed by atoms with E-state index < -0.39 is 0 Å². The molecule has 0 aromatic carbocycles. The van der Waals surface area contributed by atoms with Crippen molar-refractivity contribution in [3.8, 4) is 0 Å². The first-order valence-electron chi connectivity index (χ1n) is 7.67. The van der Waals surface area contributed by atoms with Gasteiger partial charge in [0.2, 0.25) is 5.91 Å². The molecular formula is C16H16N4O2S. The van der Waals surface area contributed by atoms with Crippen LogP contribution in [0.25, 0.3) is 0 Å². The third-order valence-electron chi connectivity index (χ3n) is 4.60. The van der Waals surface area contributed by atoms with E-state index in [1.54, 1.807) is 23.3 Å². The molecule has 2 atom stereocenters. The van der Waals surface area contributed by atoms with Crippen LogP contribution in [0.2, 0.25) is 0 Å². The molecule has 2 fully saturated rings. The van der Waals surface area contributed by atoms with E-state index in [9.17, 15) is 9.59 Å². The van der Waals surface area contributed by atoms with Crippen LogP contribution in [0.5, 0.6) is 0 Å². The number of aromatic nitrogens is 2. The summed E-state index contributed by atoms with van der Waals surface area (Å²) in [6.45, 7) is 0.662. The molecular weight excluding hydrogens is 312 g/mol. The van der Waals surface area contributed by atoms with Gasteiger partial charge in [-0.3, -0.25) is 14.6 Å². The van der Waals surface area contributed by atoms with E-state index in [1.807, 2.05) is 21.9 Å². The maximum atomic E-state index is 12.6. The standard InChI is InChI=1S/C16H16N4O2S/c21-15-4-3-13-14(20(15)11-2-1-6-17-8-11)5-7-19(13)16(22)12-9-23-10-18-12/h1-2,6,8-10,13-14H,3-5,7H2/t13-,14-/m1/s1. The van der Waals surface area contributed by atoms with E-state index in [4.69, 9.17) is 0 Å². The van der Waals surface area contributed by atoms with Crippen LogP contribution in [0.1, 0.15) is 29.8 Å². The largest absolute Gasteiger partial charge is 0.332 e. The number of nitrogens with zero attached hydrogens (tertiary/aromatic N) is 4. The predicted molar refractivity (Wildman–Crippen MR) is 86.3 cm³/mol. The molecule has 0 unspecified atom stereocenters. The van der Waals surface area contributed by atoms with Crippen LogP contribution < -0.4 is 4.90 Å². The van der Waals surface area contributed by atoms with E-state index >= 15 is 0 Å². The molecule has 4 rings (SSSR count). The van der Waals surface area contributed by atoms with Gasteiger partial charge in [-0.1, -0.05) is 0 Å². The molecule has 2 amide bonds. The van der Waals surface area contributed by atoms with Gasteiger partial charge in [-0.15, -0.1) is 11.3 Å². The highest BCUT2D eigenvalue weighted by Gasteiger charge is 2.45. The van der Waals surface area contributed by atoms with Crippen molar-refractivity contribution >= 4 is 28.8 Å². The summed E-state index contributed by atoms with van der Waals surface area (Å²) < 4.78 is 0. The van der Waals surface area contributed by atoms with Crippen LogP contribution in [0.15, 0.2) is 35.4 Å². The van der Waals surface area contributed by atoms with Gasteiger partial charge in [0.15, 0.2) is 0 Å². The zero-order chi connectivity index (χ0) is 15.8. The maximum Gasteiger partial charge on any atom is 0.273 e. The molecule has 0 N–H and O–H groups in total. The summed E-state index contributed by atoms with van der Waals surface area (Å²) in [5.41, 5.74) is 2.99. The molecule has 0 saturated carbocycles. The van der Waals surface area contributed by atoms with Crippen LogP contribution in [0, 0.1) is 0 Å². The Labute approximate surface area is 137 Å². The molecule has 7 heteroatoms. The van der Waals surface area contributed by atoms with Gasteiger partial charge >= 0.3 is 0 Å². The third kappa shape index (κ3) is 2.41. The Morgan fingerprint density at radius 3 is 2.96 bits per heavy atom. The van der Waals surface area contributed by atoms with E-state index in [1.165, 1.54) is 11.3 Å². The lowest BCUT2D eigenvalue weighted by Crippen LogP contribution is -2.53. The lowest BCUT2D eigenvalue weighted by atomic mass is 9.95. The average Bonchev–Trinajstić information content (AvgIpc) is 3.24. The molecule has 0 spiro atoms. The number of amides is 2. The second-order valence-electron chi connectivity index (χ2n) is 5.81. The minimum Gasteiger partial charge on any atom is -0.332 e. The quantitative estimate of drug-likeness (QED) is 0.845. The Balaban J connectivity index is 1.62. The number of carbonyl (C=O) groups is 2. The smallest absolute Gasteiger partial charge is 0.273 e. The molecule has 2 aliphatic heterocycles. The number of thiazole rings is 1. The van der Waals surface area contributed by atoms with Crippen molar-refractivity contribution in [2.45, 2.75) is 31.3 Å². The topological polar surface area (TPSA) is 66.4 Å². The SMILES string of the molecule is O=C(c1cscn1)N1CC[C@@H]2[C@H]1CCC(=O)N2c1cccnc1. The highest BCUT2D eigenvalue weighted by atomic mass is 32.1. The number of likely N-dealkylation sites (tertiary alicyclic amines) is 1. The number of pyridine rings is 1. The van der Waals surface area contributed by atoms with Gasteiger partial charge in [-0.05, 0) is 25.0 Å². The molecule has 6 nitrogen and oxygen atoms in total. The molecule has 2 saturated heterocycles. The predicted octanol–water partition coefficient (Wildman–Crippen LogP) is 1.95. The van der Waals surface area contributed by atoms with Gasteiger partial charge < -0.3 is 9.80 Å². The Morgan fingerprint density at radius 2 is 2.22 bits per heavy atom. The van der Waals surface area contributed by atoms with Crippen molar-refractivity contribution in [1.29, 1.82) is 0 Å². The van der Waals surface area contributed by atoms with Gasteiger partial charge in [0.1, 0.15) is 5.69 Å². The van der Waals surface area contributed by atoms with E-state index in [2.05, 4.69) is 9.97 Å². The van der Waals surface area contributed by atoms with Crippen molar-refractivity contribution in [2.24, 2.45) is 0 Å². The fraction of sp³-hybridized carbons (Fsp3) is 0.375. The molecule has 0 radical (unpaired) electrons. The summed E-state index contributed by atoms with van der Waals surface area (Å²) in [6.07, 6.45) is 5.38. The van der Waals surface area contributed by atoms with Crippen molar-refractivity contribution in [2.75, 3.05) is 11.4 Å². The summed E-state index contributed by atoms with van der Waals surface area (Å²) in [6, 6.07) is 3.82. The normalized spacial score (nSPS) is 23.9. The molecule has 0 aliphatic carbocycles. The number of fused-ring (bicyclic) bond motifs is 1. The van der Waals surface area contributed by atoms with Crippen LogP contribution in [0.3, 0.4) is 0 Å². The van der Waals surface area contributed by atoms with Crippen molar-refractivity contribution in [3.05, 3.63) is 41.1 Å². The number of carbonyl (C=O) groups excluding carboxylic acids is 2. The maximum absolute atomic E-state index is 12.6.